The molecule has 0 fully saturated rings. The Labute approximate surface area is 202 Å². The Bertz CT molecular complexity index is 1390. The number of anilines is 1. The molecule has 2 unspecified atom stereocenters. The van der Waals surface area contributed by atoms with Crippen LogP contribution in [0.5, 0.6) is 0 Å². The summed E-state index contributed by atoms with van der Waals surface area (Å²) in [4.78, 5) is 17.8. The summed E-state index contributed by atoms with van der Waals surface area (Å²) < 4.78 is 0. The van der Waals surface area contributed by atoms with Crippen LogP contribution < -0.4 is 5.73 Å². The summed E-state index contributed by atoms with van der Waals surface area (Å²) in [6, 6.07) is 27.5. The fourth-order valence-corrected chi connectivity index (χ4v) is 5.18. The molecule has 2 atom stereocenters. The quantitative estimate of drug-likeness (QED) is 0.309. The molecule has 0 amide bonds. The normalized spacial score (nSPS) is 18.2. The van der Waals surface area contributed by atoms with Crippen LogP contribution in [0.1, 0.15) is 30.9 Å². The molecule has 0 spiro atoms. The van der Waals surface area contributed by atoms with Crippen molar-refractivity contribution in [3.05, 3.63) is 102 Å². The van der Waals surface area contributed by atoms with Crippen molar-refractivity contribution in [3.8, 4) is 11.3 Å². The Balaban J connectivity index is 1.39. The predicted molar refractivity (Wildman–Crippen MR) is 139 cm³/mol. The van der Waals surface area contributed by atoms with Gasteiger partial charge in [0.2, 0.25) is 0 Å². The molecule has 0 bridgehead atoms. The highest BCUT2D eigenvalue weighted by atomic mass is 32.1. The standard InChI is InChI=1S/C28H24N4OS/c1-17-18(2)24(26(33)23(17)19-9-5-3-6-10-19)20-13-15-22(16-14-20)31-32-27-25(30-28(29)34-27)21-11-7-4-8-12-21/h3-17,23H,1-2H3,(H2,29,30). The summed E-state index contributed by atoms with van der Waals surface area (Å²) in [7, 11) is 0. The van der Waals surface area contributed by atoms with E-state index in [9.17, 15) is 4.79 Å². The summed E-state index contributed by atoms with van der Waals surface area (Å²) in [5.74, 6) is 0.208. The first-order valence-electron chi connectivity index (χ1n) is 11.2. The van der Waals surface area contributed by atoms with Gasteiger partial charge < -0.3 is 5.73 Å². The minimum Gasteiger partial charge on any atom is -0.375 e. The van der Waals surface area contributed by atoms with Crippen molar-refractivity contribution in [2.24, 2.45) is 16.1 Å². The van der Waals surface area contributed by atoms with E-state index in [1.54, 1.807) is 0 Å². The lowest BCUT2D eigenvalue weighted by molar-refractivity contribution is -0.115. The molecular formula is C28H24N4OS. The number of ketones is 1. The predicted octanol–water partition coefficient (Wildman–Crippen LogP) is 7.58. The van der Waals surface area contributed by atoms with Gasteiger partial charge in [-0.1, -0.05) is 96.6 Å². The molecule has 6 heteroatoms. The van der Waals surface area contributed by atoms with Gasteiger partial charge in [-0.2, -0.15) is 0 Å². The molecule has 1 aromatic heterocycles. The maximum Gasteiger partial charge on any atom is 0.182 e. The van der Waals surface area contributed by atoms with Gasteiger partial charge in [-0.15, -0.1) is 10.2 Å². The van der Waals surface area contributed by atoms with Gasteiger partial charge >= 0.3 is 0 Å². The second-order valence-corrected chi connectivity index (χ2v) is 9.43. The molecule has 1 aliphatic carbocycles. The van der Waals surface area contributed by atoms with Crippen LogP contribution in [0.25, 0.3) is 16.8 Å². The number of carbonyl (C=O) groups excluding carboxylic acids is 1. The molecule has 2 N–H and O–H groups in total. The topological polar surface area (TPSA) is 80.7 Å². The molecule has 0 saturated heterocycles. The summed E-state index contributed by atoms with van der Waals surface area (Å²) in [6.45, 7) is 4.19. The zero-order valence-corrected chi connectivity index (χ0v) is 19.8. The second kappa shape index (κ2) is 9.15. The van der Waals surface area contributed by atoms with Crippen LogP contribution in [0.4, 0.5) is 15.8 Å². The Morgan fingerprint density at radius 1 is 0.853 bits per heavy atom. The minimum absolute atomic E-state index is 0.135. The zero-order valence-electron chi connectivity index (χ0n) is 19.0. The van der Waals surface area contributed by atoms with E-state index in [1.807, 2.05) is 84.9 Å². The van der Waals surface area contributed by atoms with Gasteiger partial charge in [0, 0.05) is 11.1 Å². The molecule has 1 aliphatic rings. The highest BCUT2D eigenvalue weighted by Crippen LogP contribution is 2.44. The molecule has 3 aromatic carbocycles. The fourth-order valence-electron chi connectivity index (χ4n) is 4.50. The van der Waals surface area contributed by atoms with Gasteiger partial charge in [0.25, 0.3) is 0 Å². The summed E-state index contributed by atoms with van der Waals surface area (Å²) in [5, 5.41) is 9.93. The SMILES string of the molecule is CC1=C(c2ccc(N=Nc3sc(N)nc3-c3ccccc3)cc2)C(=O)C(c2ccccc2)C1C. The number of nitrogens with zero attached hydrogens (tertiary/aromatic N) is 3. The molecule has 5 rings (SSSR count). The number of Topliss-reactive ketones (excluding diaryl/α,β-unsaturated/α-hetero) is 1. The van der Waals surface area contributed by atoms with Gasteiger partial charge in [0.1, 0.15) is 5.69 Å². The average molecular weight is 465 g/mol. The number of carbonyl (C=O) groups is 1. The van der Waals surface area contributed by atoms with E-state index in [2.05, 4.69) is 29.1 Å². The lowest BCUT2D eigenvalue weighted by atomic mass is 9.86. The van der Waals surface area contributed by atoms with Gasteiger partial charge in [-0.05, 0) is 36.1 Å². The maximum atomic E-state index is 13.4. The van der Waals surface area contributed by atoms with Crippen LogP contribution >= 0.6 is 11.3 Å². The number of aromatic nitrogens is 1. The van der Waals surface area contributed by atoms with Crippen LogP contribution in [0.15, 0.2) is 101 Å². The van der Waals surface area contributed by atoms with E-state index in [1.165, 1.54) is 11.3 Å². The fraction of sp³-hybridized carbons (Fsp3) is 0.143. The number of azo groups is 1. The van der Waals surface area contributed by atoms with Gasteiger partial charge in [-0.25, -0.2) is 4.98 Å². The molecule has 0 aliphatic heterocycles. The first kappa shape index (κ1) is 21.9. The van der Waals surface area contributed by atoms with Crippen molar-refractivity contribution in [1.82, 2.24) is 4.98 Å². The van der Waals surface area contributed by atoms with Gasteiger partial charge in [-0.3, -0.25) is 4.79 Å². The van der Waals surface area contributed by atoms with Crippen molar-refractivity contribution in [3.63, 3.8) is 0 Å². The first-order valence-corrected chi connectivity index (χ1v) is 12.0. The lowest BCUT2D eigenvalue weighted by Crippen LogP contribution is -2.13. The number of nitrogen functional groups attached to an aromatic ring is 1. The number of nitrogens with two attached hydrogens (primary N) is 1. The number of hydrogen-bond donors (Lipinski definition) is 1. The van der Waals surface area contributed by atoms with Crippen LogP contribution in [-0.4, -0.2) is 10.8 Å². The second-order valence-electron chi connectivity index (χ2n) is 8.42. The number of thiazole rings is 1. The summed E-state index contributed by atoms with van der Waals surface area (Å²) in [6.07, 6.45) is 0. The molecule has 34 heavy (non-hydrogen) atoms. The first-order chi connectivity index (χ1) is 16.5. The number of benzene rings is 3. The van der Waals surface area contributed by atoms with Crippen LogP contribution in [0.2, 0.25) is 0 Å². The number of allylic oxidation sites excluding steroid dienone is 2. The summed E-state index contributed by atoms with van der Waals surface area (Å²) in [5.41, 5.74) is 12.2. The Morgan fingerprint density at radius 3 is 2.18 bits per heavy atom. The monoisotopic (exact) mass is 464 g/mol. The van der Waals surface area contributed by atoms with Gasteiger partial charge in [0.05, 0.1) is 11.6 Å². The molecule has 4 aromatic rings. The highest BCUT2D eigenvalue weighted by molar-refractivity contribution is 7.19. The third kappa shape index (κ3) is 4.08. The largest absolute Gasteiger partial charge is 0.375 e. The van der Waals surface area contributed by atoms with E-state index in [4.69, 9.17) is 5.73 Å². The van der Waals surface area contributed by atoms with Crippen molar-refractivity contribution in [1.29, 1.82) is 0 Å². The van der Waals surface area contributed by atoms with E-state index in [0.717, 1.165) is 33.5 Å². The van der Waals surface area contributed by atoms with E-state index in [-0.39, 0.29) is 17.6 Å². The Hall–Kier alpha value is -3.90. The van der Waals surface area contributed by atoms with Crippen molar-refractivity contribution in [2.45, 2.75) is 19.8 Å². The van der Waals surface area contributed by atoms with Crippen molar-refractivity contribution < 1.29 is 4.79 Å². The smallest absolute Gasteiger partial charge is 0.182 e. The Kier molecular flexibility index (Phi) is 5.90. The van der Waals surface area contributed by atoms with Crippen LogP contribution in [-0.2, 0) is 4.79 Å². The molecule has 5 nitrogen and oxygen atoms in total. The van der Waals surface area contributed by atoms with Gasteiger partial charge in [0.15, 0.2) is 15.9 Å². The average Bonchev–Trinajstić information content (AvgIpc) is 3.35. The number of hydrogen-bond acceptors (Lipinski definition) is 6. The van der Waals surface area contributed by atoms with Crippen molar-refractivity contribution >= 4 is 38.5 Å². The molecule has 1 heterocycles. The zero-order chi connectivity index (χ0) is 23.7. The molecule has 0 radical (unpaired) electrons. The highest BCUT2D eigenvalue weighted by Gasteiger charge is 2.38. The van der Waals surface area contributed by atoms with Crippen LogP contribution in [0.3, 0.4) is 0 Å². The molecule has 168 valence electrons. The maximum absolute atomic E-state index is 13.4. The van der Waals surface area contributed by atoms with Crippen LogP contribution in [0, 0.1) is 5.92 Å². The Morgan fingerprint density at radius 2 is 1.50 bits per heavy atom. The molecule has 0 saturated carbocycles. The van der Waals surface area contributed by atoms with E-state index in [0.29, 0.717) is 15.8 Å². The van der Waals surface area contributed by atoms with E-state index < -0.39 is 0 Å². The summed E-state index contributed by atoms with van der Waals surface area (Å²) >= 11 is 1.31. The van der Waals surface area contributed by atoms with Crippen molar-refractivity contribution in [2.75, 3.05) is 5.73 Å². The third-order valence-electron chi connectivity index (χ3n) is 6.35. The minimum atomic E-state index is -0.135. The molecular weight excluding hydrogens is 440 g/mol. The van der Waals surface area contributed by atoms with E-state index >= 15 is 0 Å². The third-order valence-corrected chi connectivity index (χ3v) is 7.12. The number of rotatable bonds is 5. The lowest BCUT2D eigenvalue weighted by Gasteiger charge is -2.15.